The second-order valence-electron chi connectivity index (χ2n) is 4.78. The Morgan fingerprint density at radius 3 is 2.30 bits per heavy atom. The van der Waals surface area contributed by atoms with Gasteiger partial charge in [0.1, 0.15) is 16.7 Å². The lowest BCUT2D eigenvalue weighted by Gasteiger charge is -2.10. The molecule has 1 aromatic heterocycles. The van der Waals surface area contributed by atoms with Gasteiger partial charge in [0, 0.05) is 21.5 Å². The molecule has 1 aromatic carbocycles. The summed E-state index contributed by atoms with van der Waals surface area (Å²) >= 11 is 18.0. The van der Waals surface area contributed by atoms with Crippen molar-refractivity contribution < 1.29 is 4.74 Å². The maximum absolute atomic E-state index is 6.14. The van der Waals surface area contributed by atoms with Crippen LogP contribution in [0, 0.1) is 6.92 Å². The molecule has 0 bridgehead atoms. The van der Waals surface area contributed by atoms with Gasteiger partial charge in [-0.2, -0.15) is 4.98 Å². The van der Waals surface area contributed by atoms with E-state index in [4.69, 9.17) is 39.5 Å². The number of aromatic nitrogens is 2. The SMILES string of the molecule is Cc1c(Cl)nc(C2CC2)nc1Oc1cc(Cl)cc(Cl)c1. The van der Waals surface area contributed by atoms with Crippen molar-refractivity contribution >= 4 is 34.8 Å². The highest BCUT2D eigenvalue weighted by Crippen LogP contribution is 2.40. The van der Waals surface area contributed by atoms with Crippen molar-refractivity contribution in [3.05, 3.63) is 44.8 Å². The van der Waals surface area contributed by atoms with Gasteiger partial charge in [0.05, 0.1) is 0 Å². The molecule has 1 heterocycles. The average molecular weight is 330 g/mol. The van der Waals surface area contributed by atoms with Gasteiger partial charge in [0.2, 0.25) is 5.88 Å². The van der Waals surface area contributed by atoms with Gasteiger partial charge in [-0.3, -0.25) is 0 Å². The highest BCUT2D eigenvalue weighted by molar-refractivity contribution is 6.34. The molecule has 20 heavy (non-hydrogen) atoms. The van der Waals surface area contributed by atoms with Gasteiger partial charge < -0.3 is 4.74 Å². The third-order valence-corrected chi connectivity index (χ3v) is 3.86. The van der Waals surface area contributed by atoms with Gasteiger partial charge in [0.25, 0.3) is 0 Å². The predicted octanol–water partition coefficient (Wildman–Crippen LogP) is 5.41. The molecular formula is C14H11Cl3N2O. The van der Waals surface area contributed by atoms with Crippen LogP contribution in [0.1, 0.15) is 30.1 Å². The van der Waals surface area contributed by atoms with Crippen LogP contribution in [-0.2, 0) is 0 Å². The van der Waals surface area contributed by atoms with Crippen molar-refractivity contribution in [3.8, 4) is 11.6 Å². The highest BCUT2D eigenvalue weighted by atomic mass is 35.5. The number of rotatable bonds is 3. The monoisotopic (exact) mass is 328 g/mol. The molecule has 0 atom stereocenters. The molecule has 1 aliphatic rings. The summed E-state index contributed by atoms with van der Waals surface area (Å²) in [6.07, 6.45) is 2.20. The van der Waals surface area contributed by atoms with Crippen molar-refractivity contribution in [2.24, 2.45) is 0 Å². The zero-order valence-corrected chi connectivity index (χ0v) is 12.9. The fourth-order valence-electron chi connectivity index (χ4n) is 1.81. The van der Waals surface area contributed by atoms with E-state index in [1.807, 2.05) is 6.92 Å². The van der Waals surface area contributed by atoms with E-state index in [1.165, 1.54) is 0 Å². The minimum Gasteiger partial charge on any atom is -0.438 e. The maximum atomic E-state index is 6.14. The smallest absolute Gasteiger partial charge is 0.226 e. The molecular weight excluding hydrogens is 319 g/mol. The number of halogens is 3. The summed E-state index contributed by atoms with van der Waals surface area (Å²) in [5.74, 6) is 2.12. The fourth-order valence-corrected chi connectivity index (χ4v) is 2.48. The van der Waals surface area contributed by atoms with Crippen molar-refractivity contribution in [1.82, 2.24) is 9.97 Å². The molecule has 0 amide bonds. The molecule has 1 saturated carbocycles. The molecule has 1 aliphatic carbocycles. The first kappa shape index (κ1) is 13.9. The lowest BCUT2D eigenvalue weighted by atomic mass is 10.3. The number of benzene rings is 1. The normalized spacial score (nSPS) is 14.4. The van der Waals surface area contributed by atoms with Crippen LogP contribution in [0.15, 0.2) is 18.2 Å². The van der Waals surface area contributed by atoms with Gasteiger partial charge in [0.15, 0.2) is 0 Å². The molecule has 3 rings (SSSR count). The number of nitrogens with zero attached hydrogens (tertiary/aromatic N) is 2. The van der Waals surface area contributed by atoms with Gasteiger partial charge >= 0.3 is 0 Å². The largest absolute Gasteiger partial charge is 0.438 e. The average Bonchev–Trinajstić information content (AvgIpc) is 3.17. The Kier molecular flexibility index (Phi) is 3.76. The second-order valence-corrected chi connectivity index (χ2v) is 6.02. The Balaban J connectivity index is 1.96. The van der Waals surface area contributed by atoms with Gasteiger partial charge in [-0.15, -0.1) is 0 Å². The number of ether oxygens (including phenoxy) is 1. The Hall–Kier alpha value is -1.03. The molecule has 0 spiro atoms. The summed E-state index contributed by atoms with van der Waals surface area (Å²) in [5, 5.41) is 1.44. The van der Waals surface area contributed by atoms with E-state index in [-0.39, 0.29) is 0 Å². The first-order chi connectivity index (χ1) is 9.52. The van der Waals surface area contributed by atoms with Crippen molar-refractivity contribution in [2.75, 3.05) is 0 Å². The van der Waals surface area contributed by atoms with Crippen LogP contribution in [0.25, 0.3) is 0 Å². The van der Waals surface area contributed by atoms with Crippen LogP contribution in [0.3, 0.4) is 0 Å². The molecule has 2 aromatic rings. The Morgan fingerprint density at radius 2 is 1.70 bits per heavy atom. The molecule has 0 radical (unpaired) electrons. The van der Waals surface area contributed by atoms with Gasteiger partial charge in [-0.05, 0) is 38.0 Å². The van der Waals surface area contributed by atoms with Crippen LogP contribution in [-0.4, -0.2) is 9.97 Å². The van der Waals surface area contributed by atoms with Crippen molar-refractivity contribution in [2.45, 2.75) is 25.7 Å². The highest BCUT2D eigenvalue weighted by Gasteiger charge is 2.28. The van der Waals surface area contributed by atoms with E-state index in [1.54, 1.807) is 18.2 Å². The number of hydrogen-bond acceptors (Lipinski definition) is 3. The van der Waals surface area contributed by atoms with Crippen LogP contribution >= 0.6 is 34.8 Å². The molecule has 0 aliphatic heterocycles. The van der Waals surface area contributed by atoms with Crippen LogP contribution in [0.2, 0.25) is 15.2 Å². The van der Waals surface area contributed by atoms with Crippen LogP contribution in [0.4, 0.5) is 0 Å². The number of hydrogen-bond donors (Lipinski definition) is 0. The summed E-state index contributed by atoms with van der Waals surface area (Å²) in [4.78, 5) is 8.74. The molecule has 0 saturated heterocycles. The quantitative estimate of drug-likeness (QED) is 0.706. The first-order valence-corrected chi connectivity index (χ1v) is 7.34. The summed E-state index contributed by atoms with van der Waals surface area (Å²) in [6.45, 7) is 1.82. The van der Waals surface area contributed by atoms with Crippen molar-refractivity contribution in [1.29, 1.82) is 0 Å². The summed E-state index contributed by atoms with van der Waals surface area (Å²) in [7, 11) is 0. The molecule has 0 unspecified atom stereocenters. The van der Waals surface area contributed by atoms with E-state index >= 15 is 0 Å². The first-order valence-electron chi connectivity index (χ1n) is 6.21. The minimum absolute atomic E-state index is 0.401. The lowest BCUT2D eigenvalue weighted by molar-refractivity contribution is 0.454. The van der Waals surface area contributed by atoms with Gasteiger partial charge in [-0.25, -0.2) is 4.98 Å². The van der Waals surface area contributed by atoms with Gasteiger partial charge in [-0.1, -0.05) is 34.8 Å². The second kappa shape index (κ2) is 5.40. The molecule has 104 valence electrons. The lowest BCUT2D eigenvalue weighted by Crippen LogP contribution is -2.00. The molecule has 6 heteroatoms. The summed E-state index contributed by atoms with van der Waals surface area (Å²) in [6, 6.07) is 5.00. The van der Waals surface area contributed by atoms with E-state index in [0.29, 0.717) is 38.3 Å². The fraction of sp³-hybridized carbons (Fsp3) is 0.286. The zero-order valence-electron chi connectivity index (χ0n) is 10.7. The maximum Gasteiger partial charge on any atom is 0.226 e. The van der Waals surface area contributed by atoms with E-state index < -0.39 is 0 Å². The zero-order chi connectivity index (χ0) is 14.3. The van der Waals surface area contributed by atoms with Crippen LogP contribution in [0.5, 0.6) is 11.6 Å². The summed E-state index contributed by atoms with van der Waals surface area (Å²) < 4.78 is 5.77. The van der Waals surface area contributed by atoms with Crippen molar-refractivity contribution in [3.63, 3.8) is 0 Å². The van der Waals surface area contributed by atoms with E-state index in [9.17, 15) is 0 Å². The van der Waals surface area contributed by atoms with E-state index in [2.05, 4.69) is 9.97 Å². The van der Waals surface area contributed by atoms with E-state index in [0.717, 1.165) is 18.7 Å². The minimum atomic E-state index is 0.401. The Morgan fingerprint density at radius 1 is 1.05 bits per heavy atom. The Bertz CT molecular complexity index is 651. The molecule has 3 nitrogen and oxygen atoms in total. The van der Waals surface area contributed by atoms with Crippen LogP contribution < -0.4 is 4.74 Å². The Labute approximate surface area is 131 Å². The third kappa shape index (κ3) is 3.00. The topological polar surface area (TPSA) is 35.0 Å². The molecule has 1 fully saturated rings. The summed E-state index contributed by atoms with van der Waals surface area (Å²) in [5.41, 5.74) is 0.701. The molecule has 0 N–H and O–H groups in total. The third-order valence-electron chi connectivity index (χ3n) is 3.05. The predicted molar refractivity (Wildman–Crippen MR) is 80.3 cm³/mol. The standard InChI is InChI=1S/C14H11Cl3N2O/c1-7-12(17)18-13(8-2-3-8)19-14(7)20-11-5-9(15)4-10(16)6-11/h4-6,8H,2-3H2,1H3.